The molecular weight excluding hydrogens is 262 g/mol. The van der Waals surface area contributed by atoms with Gasteiger partial charge in [0.15, 0.2) is 12.6 Å². The standard InChI is InChI=1S/C14H19NO5/c1-17-14-10(15)11(16)12-9(19-14)7-18-13(20-12)8-5-3-2-4-6-8/h2-6,9-14,16H,7,15H2,1H3/t9?,10?,11?,12-,13?,14-/m0/s1. The number of hydrogen-bond acceptors (Lipinski definition) is 6. The van der Waals surface area contributed by atoms with E-state index in [0.717, 1.165) is 5.56 Å². The minimum absolute atomic E-state index is 0.327. The van der Waals surface area contributed by atoms with Gasteiger partial charge >= 0.3 is 0 Å². The molecule has 6 nitrogen and oxygen atoms in total. The van der Waals surface area contributed by atoms with Crippen LogP contribution < -0.4 is 5.73 Å². The summed E-state index contributed by atoms with van der Waals surface area (Å²) in [4.78, 5) is 0. The van der Waals surface area contributed by atoms with Crippen molar-refractivity contribution in [3.8, 4) is 0 Å². The summed E-state index contributed by atoms with van der Waals surface area (Å²) in [6.45, 7) is 0.327. The number of rotatable bonds is 2. The van der Waals surface area contributed by atoms with Gasteiger partial charge in [0.2, 0.25) is 0 Å². The monoisotopic (exact) mass is 281 g/mol. The normalized spacial score (nSPS) is 41.1. The highest BCUT2D eigenvalue weighted by Crippen LogP contribution is 2.33. The van der Waals surface area contributed by atoms with Crippen molar-refractivity contribution in [2.45, 2.75) is 36.9 Å². The van der Waals surface area contributed by atoms with Gasteiger partial charge in [-0.15, -0.1) is 0 Å². The number of methoxy groups -OCH3 is 1. The Balaban J connectivity index is 1.74. The molecule has 3 rings (SSSR count). The average molecular weight is 281 g/mol. The van der Waals surface area contributed by atoms with Crippen LogP contribution in [0.2, 0.25) is 0 Å². The molecule has 20 heavy (non-hydrogen) atoms. The minimum atomic E-state index is -0.853. The molecule has 0 aromatic heterocycles. The van der Waals surface area contributed by atoms with Crippen LogP contribution in [0.1, 0.15) is 11.9 Å². The number of hydrogen-bond donors (Lipinski definition) is 2. The van der Waals surface area contributed by atoms with E-state index in [9.17, 15) is 5.11 Å². The zero-order valence-electron chi connectivity index (χ0n) is 11.2. The van der Waals surface area contributed by atoms with E-state index in [-0.39, 0.29) is 6.10 Å². The first kappa shape index (κ1) is 13.9. The van der Waals surface area contributed by atoms with Gasteiger partial charge in [-0.25, -0.2) is 0 Å². The fourth-order valence-electron chi connectivity index (χ4n) is 2.60. The maximum absolute atomic E-state index is 10.3. The van der Waals surface area contributed by atoms with Gasteiger partial charge in [-0.2, -0.15) is 0 Å². The molecule has 110 valence electrons. The SMILES string of the molecule is CO[C@H]1OC2COC(c3ccccc3)O[C@@H]2C(O)C1N. The van der Waals surface area contributed by atoms with Crippen LogP contribution in [-0.2, 0) is 18.9 Å². The Bertz CT molecular complexity index is 440. The van der Waals surface area contributed by atoms with E-state index in [1.54, 1.807) is 0 Å². The van der Waals surface area contributed by atoms with Gasteiger partial charge in [0.1, 0.15) is 18.3 Å². The van der Waals surface area contributed by atoms with Crippen LogP contribution in [0.3, 0.4) is 0 Å². The van der Waals surface area contributed by atoms with E-state index in [1.807, 2.05) is 30.3 Å². The first-order valence-corrected chi connectivity index (χ1v) is 6.64. The second kappa shape index (κ2) is 5.77. The topological polar surface area (TPSA) is 83.2 Å². The van der Waals surface area contributed by atoms with Gasteiger partial charge in [0, 0.05) is 12.7 Å². The van der Waals surface area contributed by atoms with Crippen molar-refractivity contribution in [1.29, 1.82) is 0 Å². The van der Waals surface area contributed by atoms with Crippen molar-refractivity contribution in [3.63, 3.8) is 0 Å². The third-order valence-electron chi connectivity index (χ3n) is 3.72. The Labute approximate surface area is 117 Å². The van der Waals surface area contributed by atoms with E-state index in [2.05, 4.69) is 0 Å². The van der Waals surface area contributed by atoms with Crippen LogP contribution in [0, 0.1) is 0 Å². The summed E-state index contributed by atoms with van der Waals surface area (Å²) in [5.74, 6) is 0. The van der Waals surface area contributed by atoms with Crippen LogP contribution in [0.25, 0.3) is 0 Å². The Hall–Kier alpha value is -1.02. The third-order valence-corrected chi connectivity index (χ3v) is 3.72. The Morgan fingerprint density at radius 1 is 1.25 bits per heavy atom. The number of nitrogens with two attached hydrogens (primary N) is 1. The Kier molecular flexibility index (Phi) is 4.02. The quantitative estimate of drug-likeness (QED) is 0.803. The van der Waals surface area contributed by atoms with Gasteiger partial charge in [-0.1, -0.05) is 30.3 Å². The van der Waals surface area contributed by atoms with Crippen LogP contribution in [0.15, 0.2) is 30.3 Å². The molecule has 0 amide bonds. The lowest BCUT2D eigenvalue weighted by Crippen LogP contribution is -2.64. The van der Waals surface area contributed by atoms with Crippen molar-refractivity contribution in [1.82, 2.24) is 0 Å². The van der Waals surface area contributed by atoms with E-state index in [4.69, 9.17) is 24.7 Å². The summed E-state index contributed by atoms with van der Waals surface area (Å²) in [6.07, 6.45) is -2.91. The number of aliphatic hydroxyl groups excluding tert-OH is 1. The summed E-state index contributed by atoms with van der Waals surface area (Å²) >= 11 is 0. The number of ether oxygens (including phenoxy) is 4. The summed E-state index contributed by atoms with van der Waals surface area (Å²) in [5, 5.41) is 10.3. The molecule has 2 saturated heterocycles. The molecule has 0 saturated carbocycles. The van der Waals surface area contributed by atoms with Crippen molar-refractivity contribution in [3.05, 3.63) is 35.9 Å². The summed E-state index contributed by atoms with van der Waals surface area (Å²) in [6, 6.07) is 8.93. The first-order valence-electron chi connectivity index (χ1n) is 6.64. The number of benzene rings is 1. The molecule has 0 bridgehead atoms. The highest BCUT2D eigenvalue weighted by atomic mass is 16.7. The van der Waals surface area contributed by atoms with E-state index in [1.165, 1.54) is 7.11 Å². The molecule has 2 aliphatic rings. The molecule has 2 heterocycles. The van der Waals surface area contributed by atoms with Crippen molar-refractivity contribution in [2.24, 2.45) is 5.73 Å². The van der Waals surface area contributed by atoms with Crippen LogP contribution in [-0.4, -0.2) is 49.5 Å². The lowest BCUT2D eigenvalue weighted by atomic mass is 9.96. The molecule has 0 radical (unpaired) electrons. The van der Waals surface area contributed by atoms with Gasteiger partial charge in [0.05, 0.1) is 12.6 Å². The maximum Gasteiger partial charge on any atom is 0.184 e. The van der Waals surface area contributed by atoms with Gasteiger partial charge in [-0.05, 0) is 0 Å². The lowest BCUT2D eigenvalue weighted by molar-refractivity contribution is -0.339. The highest BCUT2D eigenvalue weighted by Gasteiger charge is 2.48. The molecule has 6 heteroatoms. The second-order valence-corrected chi connectivity index (χ2v) is 5.02. The first-order chi connectivity index (χ1) is 9.70. The predicted octanol–water partition coefficient (Wildman–Crippen LogP) is 0.160. The smallest absolute Gasteiger partial charge is 0.184 e. The molecular formula is C14H19NO5. The zero-order valence-corrected chi connectivity index (χ0v) is 11.2. The van der Waals surface area contributed by atoms with Crippen molar-refractivity contribution in [2.75, 3.05) is 13.7 Å². The molecule has 6 atom stereocenters. The van der Waals surface area contributed by atoms with E-state index in [0.29, 0.717) is 6.61 Å². The Morgan fingerprint density at radius 2 is 2.00 bits per heavy atom. The molecule has 4 unspecified atom stereocenters. The third kappa shape index (κ3) is 2.46. The summed E-state index contributed by atoms with van der Waals surface area (Å²) in [5.41, 5.74) is 6.81. The van der Waals surface area contributed by atoms with E-state index < -0.39 is 30.8 Å². The van der Waals surface area contributed by atoms with Crippen LogP contribution in [0.4, 0.5) is 0 Å². The van der Waals surface area contributed by atoms with Crippen molar-refractivity contribution < 1.29 is 24.1 Å². The molecule has 2 aliphatic heterocycles. The maximum atomic E-state index is 10.3. The molecule has 3 N–H and O–H groups in total. The van der Waals surface area contributed by atoms with Crippen LogP contribution >= 0.6 is 0 Å². The van der Waals surface area contributed by atoms with E-state index >= 15 is 0 Å². The molecule has 0 spiro atoms. The Morgan fingerprint density at radius 3 is 2.70 bits per heavy atom. The highest BCUT2D eigenvalue weighted by molar-refractivity contribution is 5.16. The minimum Gasteiger partial charge on any atom is -0.388 e. The van der Waals surface area contributed by atoms with Gasteiger partial charge < -0.3 is 29.8 Å². The average Bonchev–Trinajstić information content (AvgIpc) is 2.51. The molecule has 0 aliphatic carbocycles. The second-order valence-electron chi connectivity index (χ2n) is 5.02. The largest absolute Gasteiger partial charge is 0.388 e. The fraction of sp³-hybridized carbons (Fsp3) is 0.571. The molecule has 1 aromatic carbocycles. The predicted molar refractivity (Wildman–Crippen MR) is 69.7 cm³/mol. The molecule has 2 fully saturated rings. The zero-order chi connectivity index (χ0) is 14.1. The lowest BCUT2D eigenvalue weighted by Gasteiger charge is -2.46. The van der Waals surface area contributed by atoms with Gasteiger partial charge in [-0.3, -0.25) is 0 Å². The number of fused-ring (bicyclic) bond motifs is 1. The summed E-state index contributed by atoms with van der Waals surface area (Å²) < 4.78 is 22.2. The van der Waals surface area contributed by atoms with Crippen LogP contribution in [0.5, 0.6) is 0 Å². The van der Waals surface area contributed by atoms with Gasteiger partial charge in [0.25, 0.3) is 0 Å². The summed E-state index contributed by atoms with van der Waals surface area (Å²) in [7, 11) is 1.49. The fourth-order valence-corrected chi connectivity index (χ4v) is 2.60. The number of aliphatic hydroxyl groups is 1. The van der Waals surface area contributed by atoms with Crippen molar-refractivity contribution >= 4 is 0 Å². The molecule has 1 aromatic rings.